The number of allylic oxidation sites excluding steroid dienone is 2. The van der Waals surface area contributed by atoms with Crippen LogP contribution in [0.3, 0.4) is 0 Å². The second-order valence-corrected chi connectivity index (χ2v) is 12.2. The van der Waals surface area contributed by atoms with E-state index in [1.54, 1.807) is 17.2 Å². The number of aliphatic hydroxyl groups is 2. The van der Waals surface area contributed by atoms with Crippen LogP contribution in [0.4, 0.5) is 0 Å². The summed E-state index contributed by atoms with van der Waals surface area (Å²) in [5.41, 5.74) is 3.91. The number of rotatable bonds is 9. The van der Waals surface area contributed by atoms with E-state index in [2.05, 4.69) is 41.5 Å². The van der Waals surface area contributed by atoms with Gasteiger partial charge in [0.05, 0.1) is 12.2 Å². The highest BCUT2D eigenvalue weighted by Crippen LogP contribution is 2.70. The molecule has 0 radical (unpaired) electrons. The highest BCUT2D eigenvalue weighted by atomic mass is 16.4. The number of carboxylic acids is 1. The van der Waals surface area contributed by atoms with Gasteiger partial charge in [-0.05, 0) is 98.2 Å². The Balaban J connectivity index is 1.87. The standard InChI is InChI=1S/C29H48O4/c1-7-21(30)13-16-27(4)19(2)11-12-24-23(27)15-18-28(5)22(14-17-29(24,28)6)20(3)25(31)9-8-10-26(32)33/h8,10,19-22,25,30-31H,7,9,11-18H2,1-6H3,(H,32,33)/b10-8+/t19?,20-,21+,22?,25?,27-,28+,29-/m0/s1. The van der Waals surface area contributed by atoms with Gasteiger partial charge in [-0.2, -0.15) is 0 Å². The lowest BCUT2D eigenvalue weighted by molar-refractivity contribution is -0.131. The highest BCUT2D eigenvalue weighted by Gasteiger charge is 2.61. The van der Waals surface area contributed by atoms with Crippen molar-refractivity contribution < 1.29 is 20.1 Å². The van der Waals surface area contributed by atoms with Crippen LogP contribution < -0.4 is 0 Å². The Morgan fingerprint density at radius 1 is 1.12 bits per heavy atom. The van der Waals surface area contributed by atoms with Gasteiger partial charge in [0.25, 0.3) is 0 Å². The molecule has 0 aliphatic heterocycles. The first kappa shape index (κ1) is 26.5. The quantitative estimate of drug-likeness (QED) is 0.270. The van der Waals surface area contributed by atoms with E-state index in [0.717, 1.165) is 44.6 Å². The zero-order chi connectivity index (χ0) is 24.6. The summed E-state index contributed by atoms with van der Waals surface area (Å²) in [5, 5.41) is 30.1. The van der Waals surface area contributed by atoms with Gasteiger partial charge < -0.3 is 15.3 Å². The molecule has 3 N–H and O–H groups in total. The third-order valence-corrected chi connectivity index (χ3v) is 10.9. The van der Waals surface area contributed by atoms with Crippen LogP contribution in [-0.2, 0) is 4.79 Å². The van der Waals surface area contributed by atoms with Gasteiger partial charge >= 0.3 is 5.97 Å². The molecule has 0 heterocycles. The first-order valence-corrected chi connectivity index (χ1v) is 13.4. The van der Waals surface area contributed by atoms with Crippen LogP contribution in [0.25, 0.3) is 0 Å². The number of hydrogen-bond donors (Lipinski definition) is 3. The molecule has 33 heavy (non-hydrogen) atoms. The van der Waals surface area contributed by atoms with Gasteiger partial charge in [-0.25, -0.2) is 4.79 Å². The van der Waals surface area contributed by atoms with E-state index in [4.69, 9.17) is 5.11 Å². The lowest BCUT2D eigenvalue weighted by Crippen LogP contribution is -2.48. The van der Waals surface area contributed by atoms with Gasteiger partial charge in [0.1, 0.15) is 0 Å². The van der Waals surface area contributed by atoms with Crippen molar-refractivity contribution in [1.29, 1.82) is 0 Å². The minimum absolute atomic E-state index is 0.144. The molecule has 0 aromatic rings. The highest BCUT2D eigenvalue weighted by molar-refractivity contribution is 5.79. The molecular weight excluding hydrogens is 412 g/mol. The van der Waals surface area contributed by atoms with E-state index in [1.165, 1.54) is 19.3 Å². The summed E-state index contributed by atoms with van der Waals surface area (Å²) in [7, 11) is 0. The maximum atomic E-state index is 10.9. The summed E-state index contributed by atoms with van der Waals surface area (Å²) < 4.78 is 0. The predicted molar refractivity (Wildman–Crippen MR) is 134 cm³/mol. The Morgan fingerprint density at radius 2 is 1.82 bits per heavy atom. The normalized spacial score (nSPS) is 39.3. The second-order valence-electron chi connectivity index (χ2n) is 12.2. The molecule has 4 heteroatoms. The van der Waals surface area contributed by atoms with E-state index in [-0.39, 0.29) is 28.3 Å². The van der Waals surface area contributed by atoms with Crippen LogP contribution in [0.5, 0.6) is 0 Å². The molecule has 3 rings (SSSR count). The zero-order valence-corrected chi connectivity index (χ0v) is 21.9. The van der Waals surface area contributed by atoms with Gasteiger partial charge in [0.15, 0.2) is 0 Å². The first-order chi connectivity index (χ1) is 15.4. The average Bonchev–Trinajstić information content (AvgIpc) is 3.05. The summed E-state index contributed by atoms with van der Waals surface area (Å²) in [5.74, 6) is 0.276. The maximum Gasteiger partial charge on any atom is 0.327 e. The summed E-state index contributed by atoms with van der Waals surface area (Å²) >= 11 is 0. The molecule has 3 aliphatic rings. The topological polar surface area (TPSA) is 77.8 Å². The Bertz CT molecular complexity index is 784. The molecule has 0 aromatic carbocycles. The van der Waals surface area contributed by atoms with Crippen molar-refractivity contribution in [2.75, 3.05) is 0 Å². The molecule has 8 atom stereocenters. The molecule has 0 bridgehead atoms. The van der Waals surface area contributed by atoms with E-state index in [1.807, 2.05) is 0 Å². The van der Waals surface area contributed by atoms with Gasteiger partial charge in [-0.1, -0.05) is 58.8 Å². The van der Waals surface area contributed by atoms with Gasteiger partial charge in [0.2, 0.25) is 0 Å². The van der Waals surface area contributed by atoms with Crippen LogP contribution in [0.1, 0.15) is 106 Å². The molecule has 1 saturated carbocycles. The summed E-state index contributed by atoms with van der Waals surface area (Å²) in [6.07, 6.45) is 12.3. The molecule has 4 nitrogen and oxygen atoms in total. The Hall–Kier alpha value is -1.13. The van der Waals surface area contributed by atoms with Gasteiger partial charge in [-0.3, -0.25) is 0 Å². The number of fused-ring (bicyclic) bond motifs is 2. The van der Waals surface area contributed by atoms with Crippen molar-refractivity contribution in [2.45, 2.75) is 118 Å². The van der Waals surface area contributed by atoms with Crippen molar-refractivity contribution in [3.05, 3.63) is 23.3 Å². The molecule has 3 unspecified atom stereocenters. The summed E-state index contributed by atoms with van der Waals surface area (Å²) in [6, 6.07) is 0. The van der Waals surface area contributed by atoms with Crippen molar-refractivity contribution in [3.8, 4) is 0 Å². The van der Waals surface area contributed by atoms with Crippen molar-refractivity contribution in [2.24, 2.45) is 34.0 Å². The molecule has 0 aromatic heterocycles. The minimum Gasteiger partial charge on any atom is -0.478 e. The summed E-state index contributed by atoms with van der Waals surface area (Å²) in [6.45, 7) is 14.1. The summed E-state index contributed by atoms with van der Waals surface area (Å²) in [4.78, 5) is 10.8. The smallest absolute Gasteiger partial charge is 0.327 e. The predicted octanol–water partition coefficient (Wildman–Crippen LogP) is 6.51. The van der Waals surface area contributed by atoms with Crippen molar-refractivity contribution >= 4 is 5.97 Å². The Labute approximate surface area is 201 Å². The Morgan fingerprint density at radius 3 is 2.45 bits per heavy atom. The second kappa shape index (κ2) is 9.85. The fraction of sp³-hybridized carbons (Fsp3) is 0.828. The van der Waals surface area contributed by atoms with E-state index < -0.39 is 12.1 Å². The lowest BCUT2D eigenvalue weighted by Gasteiger charge is -2.57. The first-order valence-electron chi connectivity index (χ1n) is 13.4. The lowest BCUT2D eigenvalue weighted by atomic mass is 9.47. The third kappa shape index (κ3) is 4.59. The van der Waals surface area contributed by atoms with Crippen LogP contribution >= 0.6 is 0 Å². The van der Waals surface area contributed by atoms with Gasteiger partial charge in [-0.15, -0.1) is 0 Å². The third-order valence-electron chi connectivity index (χ3n) is 10.9. The Kier molecular flexibility index (Phi) is 7.90. The molecular formula is C29H48O4. The molecule has 0 saturated heterocycles. The number of aliphatic carboxylic acids is 1. The molecule has 188 valence electrons. The van der Waals surface area contributed by atoms with Crippen LogP contribution in [0.2, 0.25) is 0 Å². The number of carboxylic acid groups (broad SMARTS) is 1. The molecule has 3 aliphatic carbocycles. The van der Waals surface area contributed by atoms with Crippen LogP contribution in [0, 0.1) is 34.0 Å². The number of hydrogen-bond acceptors (Lipinski definition) is 3. The van der Waals surface area contributed by atoms with E-state index in [9.17, 15) is 15.0 Å². The molecule has 0 spiro atoms. The largest absolute Gasteiger partial charge is 0.478 e. The fourth-order valence-corrected chi connectivity index (χ4v) is 8.02. The maximum absolute atomic E-state index is 10.9. The van der Waals surface area contributed by atoms with Crippen LogP contribution in [-0.4, -0.2) is 33.5 Å². The molecule has 1 fully saturated rings. The van der Waals surface area contributed by atoms with Gasteiger partial charge in [0, 0.05) is 6.08 Å². The fourth-order valence-electron chi connectivity index (χ4n) is 8.02. The number of aliphatic hydroxyl groups excluding tert-OH is 2. The SMILES string of the molecule is CC[C@@H](O)CC[C@]1(C)C2=C(CCC1C)[C@]1(C)CCC([C@H](C)C(O)C/C=C/C(=O)O)[C@@]1(C)CC2. The van der Waals surface area contributed by atoms with E-state index >= 15 is 0 Å². The van der Waals surface area contributed by atoms with Crippen molar-refractivity contribution in [1.82, 2.24) is 0 Å². The van der Waals surface area contributed by atoms with E-state index in [0.29, 0.717) is 18.3 Å². The minimum atomic E-state index is -0.956. The zero-order valence-electron chi connectivity index (χ0n) is 21.9. The molecule has 0 amide bonds. The van der Waals surface area contributed by atoms with Crippen LogP contribution in [0.15, 0.2) is 23.3 Å². The monoisotopic (exact) mass is 460 g/mol. The van der Waals surface area contributed by atoms with Crippen molar-refractivity contribution in [3.63, 3.8) is 0 Å². The number of carbonyl (C=O) groups is 1. The average molecular weight is 461 g/mol.